The average molecular weight is 644 g/mol. The highest BCUT2D eigenvalue weighted by molar-refractivity contribution is 7.70. The van der Waals surface area contributed by atoms with Crippen LogP contribution in [0.5, 0.6) is 11.5 Å². The van der Waals surface area contributed by atoms with E-state index in [0.29, 0.717) is 16.8 Å². The van der Waals surface area contributed by atoms with Crippen molar-refractivity contribution in [3.63, 3.8) is 0 Å². The Morgan fingerprint density at radius 1 is 1.07 bits per heavy atom. The third kappa shape index (κ3) is 5.52. The van der Waals surface area contributed by atoms with Crippen LogP contribution in [-0.2, 0) is 21.2 Å². The second-order valence-corrected chi connectivity index (χ2v) is 14.8. The van der Waals surface area contributed by atoms with E-state index in [0.717, 1.165) is 6.07 Å². The van der Waals surface area contributed by atoms with Crippen molar-refractivity contribution < 1.29 is 41.2 Å². The molecule has 0 amide bonds. The number of nitrogens with zero attached hydrogens (tertiary/aromatic N) is 1. The molecule has 0 radical (unpaired) electrons. The minimum Gasteiger partial charge on any atom is -0.481 e. The summed E-state index contributed by atoms with van der Waals surface area (Å²) in [4.78, 5) is 20.9. The maximum Gasteiger partial charge on any atom is 0.303 e. The standard InChI is InChI=1S/C32H27F5N3O4P/c1-45(2,43)29-20-10-11-38-27(20)25(34)26(35)28(29)44-19-7-8-22(33)21(13-19)30-39-14-23(40-30)31(15-32(36,37)16-31)18-5-3-4-17(12-18)6-9-24(41)42/h3-5,7-8,10-14,38H,6,9,15-16H2,1-2H3,(H,39,40)(H,41,42). The molecule has 234 valence electrons. The number of fused-ring (bicyclic) bond motifs is 1. The van der Waals surface area contributed by atoms with Crippen LogP contribution >= 0.6 is 7.14 Å². The summed E-state index contributed by atoms with van der Waals surface area (Å²) in [6, 6.07) is 11.7. The number of carboxylic acid groups (broad SMARTS) is 1. The van der Waals surface area contributed by atoms with E-state index in [4.69, 9.17) is 9.84 Å². The number of hydrogen-bond donors (Lipinski definition) is 3. The van der Waals surface area contributed by atoms with Crippen molar-refractivity contribution in [3.8, 4) is 22.9 Å². The summed E-state index contributed by atoms with van der Waals surface area (Å²) in [5.74, 6) is -8.01. The summed E-state index contributed by atoms with van der Waals surface area (Å²) >= 11 is 0. The summed E-state index contributed by atoms with van der Waals surface area (Å²) in [7, 11) is -3.23. The molecule has 0 bridgehead atoms. The summed E-state index contributed by atoms with van der Waals surface area (Å²) in [5, 5.41) is 9.21. The lowest BCUT2D eigenvalue weighted by Gasteiger charge is -2.47. The number of benzene rings is 3. The van der Waals surface area contributed by atoms with Gasteiger partial charge in [0.05, 0.1) is 16.4 Å². The Labute approximate surface area is 253 Å². The molecule has 0 unspecified atom stereocenters. The van der Waals surface area contributed by atoms with E-state index < -0.39 is 60.5 Å². The number of rotatable bonds is 9. The quantitative estimate of drug-likeness (QED) is 0.113. The first-order chi connectivity index (χ1) is 21.2. The Balaban J connectivity index is 1.38. The fourth-order valence-corrected chi connectivity index (χ4v) is 7.44. The minimum absolute atomic E-state index is 0.0193. The Bertz CT molecular complexity index is 2010. The van der Waals surface area contributed by atoms with Crippen LogP contribution in [0.3, 0.4) is 0 Å². The number of alkyl halides is 2. The molecule has 3 aromatic carbocycles. The zero-order chi connectivity index (χ0) is 32.3. The topological polar surface area (TPSA) is 108 Å². The van der Waals surface area contributed by atoms with Crippen molar-refractivity contribution in [2.75, 3.05) is 13.3 Å². The molecule has 5 aromatic rings. The van der Waals surface area contributed by atoms with Gasteiger partial charge in [0.15, 0.2) is 11.6 Å². The Kier molecular flexibility index (Phi) is 7.39. The highest BCUT2D eigenvalue weighted by atomic mass is 31.2. The summed E-state index contributed by atoms with van der Waals surface area (Å²) in [6.07, 6.45) is 1.74. The van der Waals surface area contributed by atoms with Crippen molar-refractivity contribution >= 4 is 29.3 Å². The molecule has 0 saturated heterocycles. The van der Waals surface area contributed by atoms with Gasteiger partial charge in [-0.05, 0) is 55.1 Å². The van der Waals surface area contributed by atoms with Gasteiger partial charge >= 0.3 is 5.97 Å². The number of carbonyl (C=O) groups is 1. The minimum atomic E-state index is -3.23. The van der Waals surface area contributed by atoms with Gasteiger partial charge < -0.3 is 24.4 Å². The molecule has 6 rings (SSSR count). The normalized spacial score (nSPS) is 15.6. The second-order valence-electron chi connectivity index (χ2n) is 11.7. The van der Waals surface area contributed by atoms with Crippen molar-refractivity contribution in [1.29, 1.82) is 0 Å². The van der Waals surface area contributed by atoms with Crippen molar-refractivity contribution in [3.05, 3.63) is 95.2 Å². The molecule has 2 heterocycles. The number of carboxylic acids is 1. The fraction of sp³-hybridized carbons (Fsp3) is 0.250. The lowest BCUT2D eigenvalue weighted by Crippen LogP contribution is -2.50. The third-order valence-corrected chi connectivity index (χ3v) is 9.62. The van der Waals surface area contributed by atoms with Gasteiger partial charge in [0.25, 0.3) is 5.92 Å². The maximum atomic E-state index is 15.3. The largest absolute Gasteiger partial charge is 0.481 e. The Morgan fingerprint density at radius 3 is 2.51 bits per heavy atom. The van der Waals surface area contributed by atoms with Crippen LogP contribution in [0.25, 0.3) is 22.3 Å². The third-order valence-electron chi connectivity index (χ3n) is 8.10. The number of halogens is 5. The van der Waals surface area contributed by atoms with Gasteiger partial charge in [-0.1, -0.05) is 24.3 Å². The Hall–Kier alpha value is -4.44. The second kappa shape index (κ2) is 10.9. The predicted molar refractivity (Wildman–Crippen MR) is 159 cm³/mol. The number of aromatic nitrogens is 3. The van der Waals surface area contributed by atoms with E-state index in [1.165, 1.54) is 43.9 Å². The highest BCUT2D eigenvalue weighted by Crippen LogP contribution is 2.57. The van der Waals surface area contributed by atoms with Crippen molar-refractivity contribution in [2.24, 2.45) is 0 Å². The van der Waals surface area contributed by atoms with Gasteiger partial charge in [-0.25, -0.2) is 22.5 Å². The van der Waals surface area contributed by atoms with E-state index in [-0.39, 0.29) is 46.2 Å². The molecule has 0 spiro atoms. The number of H-pyrrole nitrogens is 2. The molecule has 1 aliphatic carbocycles. The van der Waals surface area contributed by atoms with E-state index in [1.54, 1.807) is 24.3 Å². The van der Waals surface area contributed by atoms with Gasteiger partial charge in [-0.3, -0.25) is 4.79 Å². The lowest BCUT2D eigenvalue weighted by molar-refractivity contribution is -0.136. The number of aromatic amines is 2. The number of ether oxygens (including phenoxy) is 1. The summed E-state index contributed by atoms with van der Waals surface area (Å²) < 4.78 is 93.1. The molecule has 1 saturated carbocycles. The molecular weight excluding hydrogens is 616 g/mol. The van der Waals surface area contributed by atoms with E-state index in [2.05, 4.69) is 15.0 Å². The molecule has 2 aromatic heterocycles. The number of aryl methyl sites for hydroxylation is 1. The molecule has 1 aliphatic rings. The molecule has 45 heavy (non-hydrogen) atoms. The molecule has 0 atom stereocenters. The fourth-order valence-electron chi connectivity index (χ4n) is 6.04. The van der Waals surface area contributed by atoms with E-state index in [1.807, 2.05) is 0 Å². The van der Waals surface area contributed by atoms with E-state index in [9.17, 15) is 22.5 Å². The Morgan fingerprint density at radius 2 is 1.82 bits per heavy atom. The first-order valence-electron chi connectivity index (χ1n) is 13.9. The zero-order valence-electron chi connectivity index (χ0n) is 24.1. The van der Waals surface area contributed by atoms with Gasteiger partial charge in [0.1, 0.15) is 24.5 Å². The van der Waals surface area contributed by atoms with Crippen molar-refractivity contribution in [2.45, 2.75) is 37.0 Å². The van der Waals surface area contributed by atoms with Crippen LogP contribution < -0.4 is 10.0 Å². The number of imidazole rings is 1. The number of aliphatic carboxylic acids is 1. The number of hydrogen-bond acceptors (Lipinski definition) is 4. The average Bonchev–Trinajstić information content (AvgIpc) is 3.64. The van der Waals surface area contributed by atoms with Crippen molar-refractivity contribution in [1.82, 2.24) is 15.0 Å². The van der Waals surface area contributed by atoms with Crippen LogP contribution in [0.4, 0.5) is 22.0 Å². The van der Waals surface area contributed by atoms with Crippen LogP contribution in [0.1, 0.15) is 36.1 Å². The van der Waals surface area contributed by atoms with Crippen LogP contribution in [-0.4, -0.2) is 45.3 Å². The smallest absolute Gasteiger partial charge is 0.303 e. The first kappa shape index (κ1) is 30.6. The predicted octanol–water partition coefficient (Wildman–Crippen LogP) is 7.75. The SMILES string of the molecule is CP(C)(=O)c1c(Oc2ccc(F)c(-c3ncc(C4(c5cccc(CCC(=O)O)c5)CC(F)(F)C4)[nH]3)c2)c(F)c(F)c2[nH]ccc12. The maximum absolute atomic E-state index is 15.3. The molecular formula is C32H27F5N3O4P. The van der Waals surface area contributed by atoms with Gasteiger partial charge in [0, 0.05) is 48.2 Å². The first-order valence-corrected chi connectivity index (χ1v) is 16.5. The van der Waals surface area contributed by atoms with Gasteiger partial charge in [0.2, 0.25) is 5.82 Å². The zero-order valence-corrected chi connectivity index (χ0v) is 25.0. The monoisotopic (exact) mass is 643 g/mol. The summed E-state index contributed by atoms with van der Waals surface area (Å²) in [5.41, 5.74) is 0.0307. The molecule has 1 fully saturated rings. The lowest BCUT2D eigenvalue weighted by atomic mass is 9.60. The van der Waals surface area contributed by atoms with Gasteiger partial charge in [-0.2, -0.15) is 4.39 Å². The molecule has 13 heteroatoms. The van der Waals surface area contributed by atoms with Crippen LogP contribution in [0.15, 0.2) is 60.9 Å². The highest BCUT2D eigenvalue weighted by Gasteiger charge is 2.59. The molecule has 0 aliphatic heterocycles. The number of nitrogens with one attached hydrogen (secondary N) is 2. The van der Waals surface area contributed by atoms with E-state index >= 15 is 8.78 Å². The van der Waals surface area contributed by atoms with Crippen LogP contribution in [0, 0.1) is 17.5 Å². The molecule has 3 N–H and O–H groups in total. The van der Waals surface area contributed by atoms with Gasteiger partial charge in [-0.15, -0.1) is 0 Å². The molecule has 7 nitrogen and oxygen atoms in total. The van der Waals surface area contributed by atoms with Crippen LogP contribution in [0.2, 0.25) is 0 Å². The summed E-state index contributed by atoms with van der Waals surface area (Å²) in [6.45, 7) is 2.78.